The van der Waals surface area contributed by atoms with Crippen molar-refractivity contribution in [1.29, 1.82) is 0 Å². The number of amides is 1. The largest absolute Gasteiger partial charge is 0.417 e. The number of benzene rings is 2. The first-order valence-electron chi connectivity index (χ1n) is 8.63. The minimum atomic E-state index is -4.77. The predicted molar refractivity (Wildman–Crippen MR) is 97.0 cm³/mol. The third-order valence-electron chi connectivity index (χ3n) is 4.51. The third-order valence-corrected chi connectivity index (χ3v) is 6.47. The van der Waals surface area contributed by atoms with Gasteiger partial charge in [0.25, 0.3) is 5.91 Å². The smallest absolute Gasteiger partial charge is 0.355 e. The maximum absolute atomic E-state index is 13.3. The number of carbonyl (C=O) groups is 1. The molecular weight excluding hydrogens is 393 g/mol. The molecule has 1 N–H and O–H groups in total. The Hall–Kier alpha value is -2.39. The maximum Gasteiger partial charge on any atom is 0.417 e. The van der Waals surface area contributed by atoms with Gasteiger partial charge < -0.3 is 5.32 Å². The summed E-state index contributed by atoms with van der Waals surface area (Å²) in [6.45, 7) is -0.0623. The van der Waals surface area contributed by atoms with Crippen molar-refractivity contribution in [2.45, 2.75) is 36.5 Å². The molecule has 3 rings (SSSR count). The number of alkyl halides is 3. The molecule has 0 aliphatic heterocycles. The average Bonchev–Trinajstić information content (AvgIpc) is 3.50. The molecule has 0 atom stereocenters. The topological polar surface area (TPSA) is 66.5 Å². The standard InChI is InChI=1S/C19H19F3N2O3S/c1-23-18(25)14-8-6-13(7-9-14)12-24(15-10-11-15)28(26,27)17-5-3-2-4-16(17)19(20,21)22/h2-9,15H,10-12H2,1H3,(H,23,25). The first-order valence-corrected chi connectivity index (χ1v) is 10.1. The Morgan fingerprint density at radius 3 is 2.25 bits per heavy atom. The van der Waals surface area contributed by atoms with Gasteiger partial charge in [0.05, 0.1) is 10.5 Å². The second-order valence-electron chi connectivity index (χ2n) is 6.55. The Morgan fingerprint density at radius 1 is 1.11 bits per heavy atom. The zero-order valence-corrected chi connectivity index (χ0v) is 15.8. The van der Waals surface area contributed by atoms with Gasteiger partial charge in [0.2, 0.25) is 10.0 Å². The van der Waals surface area contributed by atoms with E-state index in [9.17, 15) is 26.4 Å². The van der Waals surface area contributed by atoms with Crippen LogP contribution in [0.2, 0.25) is 0 Å². The first kappa shape index (κ1) is 20.3. The molecule has 1 amide bonds. The average molecular weight is 412 g/mol. The highest BCUT2D eigenvalue weighted by atomic mass is 32.2. The van der Waals surface area contributed by atoms with Crippen LogP contribution in [0.15, 0.2) is 53.4 Å². The highest BCUT2D eigenvalue weighted by Gasteiger charge is 2.43. The normalized spacial score (nSPS) is 14.9. The van der Waals surface area contributed by atoms with E-state index < -0.39 is 26.7 Å². The van der Waals surface area contributed by atoms with Crippen molar-refractivity contribution in [1.82, 2.24) is 9.62 Å². The summed E-state index contributed by atoms with van der Waals surface area (Å²) >= 11 is 0. The van der Waals surface area contributed by atoms with Gasteiger partial charge in [-0.25, -0.2) is 8.42 Å². The van der Waals surface area contributed by atoms with Crippen molar-refractivity contribution in [3.63, 3.8) is 0 Å². The molecular formula is C19H19F3N2O3S. The minimum Gasteiger partial charge on any atom is -0.355 e. The molecule has 1 saturated carbocycles. The lowest BCUT2D eigenvalue weighted by molar-refractivity contribution is -0.139. The van der Waals surface area contributed by atoms with Gasteiger partial charge in [-0.2, -0.15) is 17.5 Å². The van der Waals surface area contributed by atoms with Crippen LogP contribution in [-0.2, 0) is 22.7 Å². The van der Waals surface area contributed by atoms with Crippen LogP contribution in [0.1, 0.15) is 34.3 Å². The van der Waals surface area contributed by atoms with Crippen LogP contribution >= 0.6 is 0 Å². The first-order chi connectivity index (χ1) is 13.1. The second kappa shape index (κ2) is 7.56. The van der Waals surface area contributed by atoms with E-state index in [-0.39, 0.29) is 18.5 Å². The summed E-state index contributed by atoms with van der Waals surface area (Å²) in [6, 6.07) is 10.2. The predicted octanol–water partition coefficient (Wildman–Crippen LogP) is 3.42. The van der Waals surface area contributed by atoms with Gasteiger partial charge in [-0.05, 0) is 42.7 Å². The summed E-state index contributed by atoms with van der Waals surface area (Å²) in [6.07, 6.45) is -3.57. The Labute approximate surface area is 161 Å². The van der Waals surface area contributed by atoms with Crippen LogP contribution in [0.3, 0.4) is 0 Å². The maximum atomic E-state index is 13.3. The van der Waals surface area contributed by atoms with Gasteiger partial charge in [-0.15, -0.1) is 0 Å². The summed E-state index contributed by atoms with van der Waals surface area (Å²) in [5, 5.41) is 2.48. The molecule has 0 saturated heterocycles. The summed E-state index contributed by atoms with van der Waals surface area (Å²) < 4.78 is 67.2. The Bertz CT molecular complexity index is 969. The van der Waals surface area contributed by atoms with Gasteiger partial charge in [-0.3, -0.25) is 4.79 Å². The van der Waals surface area contributed by atoms with Crippen LogP contribution in [-0.4, -0.2) is 31.7 Å². The van der Waals surface area contributed by atoms with Crippen molar-refractivity contribution in [3.8, 4) is 0 Å². The lowest BCUT2D eigenvalue weighted by Crippen LogP contribution is -2.34. The fourth-order valence-electron chi connectivity index (χ4n) is 2.91. The highest BCUT2D eigenvalue weighted by molar-refractivity contribution is 7.89. The number of halogens is 3. The lowest BCUT2D eigenvalue weighted by Gasteiger charge is -2.24. The number of hydrogen-bond acceptors (Lipinski definition) is 3. The lowest BCUT2D eigenvalue weighted by atomic mass is 10.1. The van der Waals surface area contributed by atoms with E-state index >= 15 is 0 Å². The van der Waals surface area contributed by atoms with Gasteiger partial charge in [-0.1, -0.05) is 24.3 Å². The Balaban J connectivity index is 1.94. The monoisotopic (exact) mass is 412 g/mol. The van der Waals surface area contributed by atoms with E-state index in [2.05, 4.69) is 5.32 Å². The molecule has 0 heterocycles. The Morgan fingerprint density at radius 2 is 1.71 bits per heavy atom. The number of carbonyl (C=O) groups excluding carboxylic acids is 1. The van der Waals surface area contributed by atoms with Crippen molar-refractivity contribution in [2.75, 3.05) is 7.05 Å². The molecule has 0 unspecified atom stereocenters. The van der Waals surface area contributed by atoms with E-state index in [1.54, 1.807) is 24.3 Å². The summed E-state index contributed by atoms with van der Waals surface area (Å²) in [7, 11) is -2.85. The zero-order valence-electron chi connectivity index (χ0n) is 15.0. The van der Waals surface area contributed by atoms with E-state index in [4.69, 9.17) is 0 Å². The number of hydrogen-bond donors (Lipinski definition) is 1. The molecule has 2 aromatic rings. The molecule has 150 valence electrons. The molecule has 28 heavy (non-hydrogen) atoms. The van der Waals surface area contributed by atoms with Gasteiger partial charge >= 0.3 is 6.18 Å². The van der Waals surface area contributed by atoms with Crippen LogP contribution < -0.4 is 5.32 Å². The molecule has 0 aromatic heterocycles. The molecule has 2 aromatic carbocycles. The number of sulfonamides is 1. The molecule has 5 nitrogen and oxygen atoms in total. The van der Waals surface area contributed by atoms with E-state index in [1.165, 1.54) is 19.2 Å². The van der Waals surface area contributed by atoms with Crippen LogP contribution in [0.4, 0.5) is 13.2 Å². The quantitative estimate of drug-likeness (QED) is 0.791. The van der Waals surface area contributed by atoms with Gasteiger partial charge in [0, 0.05) is 25.2 Å². The van der Waals surface area contributed by atoms with E-state index in [0.717, 1.165) is 16.4 Å². The Kier molecular flexibility index (Phi) is 5.49. The molecule has 1 aliphatic rings. The van der Waals surface area contributed by atoms with Crippen LogP contribution in [0.25, 0.3) is 0 Å². The van der Waals surface area contributed by atoms with E-state index in [0.29, 0.717) is 24.0 Å². The summed E-state index contributed by atoms with van der Waals surface area (Å²) in [5.41, 5.74) is -0.169. The van der Waals surface area contributed by atoms with Gasteiger partial charge in [0.15, 0.2) is 0 Å². The molecule has 0 bridgehead atoms. The second-order valence-corrected chi connectivity index (χ2v) is 8.41. The SMILES string of the molecule is CNC(=O)c1ccc(CN(C2CC2)S(=O)(=O)c2ccccc2C(F)(F)F)cc1. The van der Waals surface area contributed by atoms with Crippen molar-refractivity contribution < 1.29 is 26.4 Å². The van der Waals surface area contributed by atoms with Gasteiger partial charge in [0.1, 0.15) is 0 Å². The summed E-state index contributed by atoms with van der Waals surface area (Å²) in [5.74, 6) is -0.280. The molecule has 1 aliphatic carbocycles. The highest BCUT2D eigenvalue weighted by Crippen LogP contribution is 2.39. The van der Waals surface area contributed by atoms with Crippen molar-refractivity contribution >= 4 is 15.9 Å². The third kappa shape index (κ3) is 4.20. The fourth-order valence-corrected chi connectivity index (χ4v) is 4.80. The molecule has 1 fully saturated rings. The summed E-state index contributed by atoms with van der Waals surface area (Å²) in [4.78, 5) is 10.9. The van der Waals surface area contributed by atoms with Crippen LogP contribution in [0, 0.1) is 0 Å². The minimum absolute atomic E-state index is 0.0623. The van der Waals surface area contributed by atoms with Crippen molar-refractivity contribution in [2.24, 2.45) is 0 Å². The van der Waals surface area contributed by atoms with E-state index in [1.807, 2.05) is 0 Å². The molecule has 0 spiro atoms. The number of nitrogens with zero attached hydrogens (tertiary/aromatic N) is 1. The number of rotatable bonds is 6. The fraction of sp³-hybridized carbons (Fsp3) is 0.316. The molecule has 0 radical (unpaired) electrons. The van der Waals surface area contributed by atoms with Crippen LogP contribution in [0.5, 0.6) is 0 Å². The number of nitrogens with one attached hydrogen (secondary N) is 1. The molecule has 9 heteroatoms. The van der Waals surface area contributed by atoms with Crippen molar-refractivity contribution in [3.05, 3.63) is 65.2 Å². The zero-order chi connectivity index (χ0) is 20.5.